The van der Waals surface area contributed by atoms with E-state index in [0.717, 1.165) is 46.3 Å². The molecule has 3 heterocycles. The normalized spacial score (nSPS) is 20.1. The summed E-state index contributed by atoms with van der Waals surface area (Å²) in [4.78, 5) is 4.97. The topological polar surface area (TPSA) is 81.4 Å². The summed E-state index contributed by atoms with van der Waals surface area (Å²) in [7, 11) is -3.20. The zero-order valence-electron chi connectivity index (χ0n) is 16.4. The molecule has 0 radical (unpaired) electrons. The van der Waals surface area contributed by atoms with Crippen LogP contribution in [0.5, 0.6) is 5.75 Å². The second-order valence-electron chi connectivity index (χ2n) is 8.11. The fourth-order valence-electron chi connectivity index (χ4n) is 4.43. The van der Waals surface area contributed by atoms with E-state index in [0.29, 0.717) is 30.9 Å². The average Bonchev–Trinajstić information content (AvgIpc) is 3.07. The van der Waals surface area contributed by atoms with Crippen molar-refractivity contribution in [2.24, 2.45) is 0 Å². The number of imidazole rings is 1. The molecule has 0 unspecified atom stereocenters. The van der Waals surface area contributed by atoms with Crippen LogP contribution in [0.4, 0.5) is 0 Å². The van der Waals surface area contributed by atoms with Crippen molar-refractivity contribution in [1.29, 1.82) is 0 Å². The number of benzene rings is 2. The number of hydrogen-bond acceptors (Lipinski definition) is 5. The van der Waals surface area contributed by atoms with Gasteiger partial charge in [0.05, 0.1) is 34.1 Å². The van der Waals surface area contributed by atoms with Crippen LogP contribution < -0.4 is 4.74 Å². The number of nitrogens with zero attached hydrogens (tertiary/aromatic N) is 2. The number of aryl methyl sites for hydroxylation is 4. The van der Waals surface area contributed by atoms with Crippen LogP contribution in [0, 0.1) is 6.92 Å². The second kappa shape index (κ2) is 6.85. The van der Waals surface area contributed by atoms with Gasteiger partial charge in [-0.2, -0.15) is 0 Å². The first-order valence-corrected chi connectivity index (χ1v) is 11.7. The van der Waals surface area contributed by atoms with Gasteiger partial charge in [0.2, 0.25) is 0 Å². The Kier molecular flexibility index (Phi) is 4.40. The number of aliphatic hydroxyl groups excluding tert-OH is 1. The van der Waals surface area contributed by atoms with Crippen LogP contribution in [0.2, 0.25) is 0 Å². The summed E-state index contributed by atoms with van der Waals surface area (Å²) in [5.74, 6) is 1.09. The molecule has 0 amide bonds. The first kappa shape index (κ1) is 18.6. The number of sulfone groups is 1. The lowest BCUT2D eigenvalue weighted by molar-refractivity contribution is 0.0920. The molecule has 2 aliphatic heterocycles. The zero-order valence-corrected chi connectivity index (χ0v) is 17.2. The highest BCUT2D eigenvalue weighted by Crippen LogP contribution is 2.31. The first-order valence-electron chi connectivity index (χ1n) is 10.0. The van der Waals surface area contributed by atoms with Crippen molar-refractivity contribution in [2.45, 2.75) is 50.2 Å². The predicted octanol–water partition coefficient (Wildman–Crippen LogP) is 2.60. The molecule has 6 nitrogen and oxygen atoms in total. The molecule has 29 heavy (non-hydrogen) atoms. The van der Waals surface area contributed by atoms with E-state index in [1.807, 2.05) is 16.7 Å². The SMILES string of the molecule is Cc1cc2c(cc1CCn1cnc3cc4c(cc31)S(=O)(=O)CCC4)C[C@@H](O)CO2. The largest absolute Gasteiger partial charge is 0.491 e. The highest BCUT2D eigenvalue weighted by Gasteiger charge is 2.25. The van der Waals surface area contributed by atoms with E-state index in [1.54, 1.807) is 12.4 Å². The van der Waals surface area contributed by atoms with Gasteiger partial charge in [-0.25, -0.2) is 13.4 Å². The Balaban J connectivity index is 1.45. The summed E-state index contributed by atoms with van der Waals surface area (Å²) in [5, 5.41) is 9.87. The summed E-state index contributed by atoms with van der Waals surface area (Å²) >= 11 is 0. The summed E-state index contributed by atoms with van der Waals surface area (Å²) in [6.07, 6.45) is 4.22. The highest BCUT2D eigenvalue weighted by molar-refractivity contribution is 7.91. The lowest BCUT2D eigenvalue weighted by atomic mass is 9.96. The van der Waals surface area contributed by atoms with Crippen LogP contribution >= 0.6 is 0 Å². The van der Waals surface area contributed by atoms with Crippen molar-refractivity contribution >= 4 is 20.9 Å². The highest BCUT2D eigenvalue weighted by atomic mass is 32.2. The third kappa shape index (κ3) is 3.32. The van der Waals surface area contributed by atoms with E-state index >= 15 is 0 Å². The van der Waals surface area contributed by atoms with Gasteiger partial charge in [0.25, 0.3) is 0 Å². The van der Waals surface area contributed by atoms with Crippen LogP contribution in [-0.2, 0) is 35.6 Å². The van der Waals surface area contributed by atoms with Crippen LogP contribution in [0.3, 0.4) is 0 Å². The van der Waals surface area contributed by atoms with E-state index in [1.165, 1.54) is 5.56 Å². The summed E-state index contributed by atoms with van der Waals surface area (Å²) in [6.45, 7) is 3.12. The van der Waals surface area contributed by atoms with Gasteiger partial charge in [-0.1, -0.05) is 6.07 Å². The molecule has 152 valence electrons. The zero-order chi connectivity index (χ0) is 20.2. The molecule has 5 rings (SSSR count). The fraction of sp³-hybridized carbons (Fsp3) is 0.409. The smallest absolute Gasteiger partial charge is 0.178 e. The summed E-state index contributed by atoms with van der Waals surface area (Å²) < 4.78 is 32.6. The number of ether oxygens (including phenoxy) is 1. The molecule has 2 aliphatic rings. The van der Waals surface area contributed by atoms with Crippen LogP contribution in [0.25, 0.3) is 11.0 Å². The van der Waals surface area contributed by atoms with E-state index in [9.17, 15) is 13.5 Å². The van der Waals surface area contributed by atoms with E-state index in [2.05, 4.69) is 18.0 Å². The van der Waals surface area contributed by atoms with Gasteiger partial charge >= 0.3 is 0 Å². The molecule has 2 aromatic carbocycles. The quantitative estimate of drug-likeness (QED) is 0.715. The standard InChI is InChI=1S/C22H24N2O4S/c1-14-7-21-17(9-18(25)12-28-21)8-15(14)4-5-24-13-23-19-10-16-3-2-6-29(26,27)22(16)11-20(19)24/h7-8,10-11,13,18,25H,2-6,9,12H2,1H3/t18-/m1/s1. The van der Waals surface area contributed by atoms with Gasteiger partial charge in [-0.15, -0.1) is 0 Å². The Bertz CT molecular complexity index is 1210. The Morgan fingerprint density at radius 3 is 2.97 bits per heavy atom. The number of hydrogen-bond donors (Lipinski definition) is 1. The van der Waals surface area contributed by atoms with Crippen molar-refractivity contribution in [1.82, 2.24) is 9.55 Å². The third-order valence-corrected chi connectivity index (χ3v) is 7.90. The van der Waals surface area contributed by atoms with Crippen molar-refractivity contribution in [3.05, 3.63) is 52.8 Å². The van der Waals surface area contributed by atoms with Crippen LogP contribution in [-0.4, -0.2) is 41.5 Å². The molecule has 0 fully saturated rings. The molecule has 1 atom stereocenters. The Hall–Kier alpha value is -2.38. The van der Waals surface area contributed by atoms with Crippen LogP contribution in [0.15, 0.2) is 35.5 Å². The fourth-order valence-corrected chi connectivity index (χ4v) is 6.03. The van der Waals surface area contributed by atoms with Crippen molar-refractivity contribution in [3.63, 3.8) is 0 Å². The summed E-state index contributed by atoms with van der Waals surface area (Å²) in [6, 6.07) is 7.90. The minimum atomic E-state index is -3.20. The van der Waals surface area contributed by atoms with Gasteiger partial charge in [0.15, 0.2) is 9.84 Å². The molecule has 0 spiro atoms. The van der Waals surface area contributed by atoms with Gasteiger partial charge < -0.3 is 14.4 Å². The lowest BCUT2D eigenvalue weighted by Gasteiger charge is -2.23. The minimum absolute atomic E-state index is 0.224. The Morgan fingerprint density at radius 1 is 1.24 bits per heavy atom. The van der Waals surface area contributed by atoms with Gasteiger partial charge in [-0.3, -0.25) is 0 Å². The molecular formula is C22H24N2O4S. The molecule has 1 aromatic heterocycles. The molecule has 0 aliphatic carbocycles. The van der Waals surface area contributed by atoms with Crippen molar-refractivity contribution in [3.8, 4) is 5.75 Å². The molecule has 1 N–H and O–H groups in total. The first-order chi connectivity index (χ1) is 13.9. The molecular weight excluding hydrogens is 388 g/mol. The molecule has 3 aromatic rings. The molecule has 0 saturated heterocycles. The van der Waals surface area contributed by atoms with Gasteiger partial charge in [0, 0.05) is 13.0 Å². The second-order valence-corrected chi connectivity index (χ2v) is 10.2. The minimum Gasteiger partial charge on any atom is -0.491 e. The third-order valence-electron chi connectivity index (χ3n) is 6.03. The monoisotopic (exact) mass is 412 g/mol. The maximum atomic E-state index is 12.5. The molecule has 0 saturated carbocycles. The van der Waals surface area contributed by atoms with Gasteiger partial charge in [0.1, 0.15) is 12.4 Å². The maximum Gasteiger partial charge on any atom is 0.178 e. The van der Waals surface area contributed by atoms with Gasteiger partial charge in [-0.05, 0) is 66.6 Å². The predicted molar refractivity (Wildman–Crippen MR) is 110 cm³/mol. The average molecular weight is 413 g/mol. The number of aromatic nitrogens is 2. The molecule has 0 bridgehead atoms. The number of fused-ring (bicyclic) bond motifs is 3. The Morgan fingerprint density at radius 2 is 2.10 bits per heavy atom. The Labute approximate surface area is 170 Å². The number of rotatable bonds is 3. The number of aliphatic hydroxyl groups is 1. The van der Waals surface area contributed by atoms with Crippen LogP contribution in [0.1, 0.15) is 28.7 Å². The van der Waals surface area contributed by atoms with Crippen molar-refractivity contribution in [2.75, 3.05) is 12.4 Å². The van der Waals surface area contributed by atoms with E-state index < -0.39 is 15.9 Å². The molecule has 7 heteroatoms. The maximum absolute atomic E-state index is 12.5. The summed E-state index contributed by atoms with van der Waals surface area (Å²) in [5.41, 5.74) is 6.00. The van der Waals surface area contributed by atoms with Crippen molar-refractivity contribution < 1.29 is 18.3 Å². The lowest BCUT2D eigenvalue weighted by Crippen LogP contribution is -2.25. The van der Waals surface area contributed by atoms with E-state index in [-0.39, 0.29) is 5.75 Å². The van der Waals surface area contributed by atoms with E-state index in [4.69, 9.17) is 4.74 Å².